The lowest BCUT2D eigenvalue weighted by molar-refractivity contribution is -0.939. The van der Waals surface area contributed by atoms with Gasteiger partial charge in [-0.05, 0) is 20.8 Å². The molecule has 0 aliphatic carbocycles. The fraction of sp³-hybridized carbons (Fsp3) is 0.444. The fourth-order valence-electron chi connectivity index (χ4n) is 3.76. The molecule has 3 atom stereocenters. The molecule has 2 aromatic heterocycles. The van der Waals surface area contributed by atoms with Crippen LogP contribution in [0.25, 0.3) is 4.96 Å². The number of rotatable bonds is 3. The van der Waals surface area contributed by atoms with Gasteiger partial charge in [-0.1, -0.05) is 41.2 Å². The lowest BCUT2D eigenvalue weighted by Crippen LogP contribution is -3.15. The third-order valence-electron chi connectivity index (χ3n) is 4.78. The third kappa shape index (κ3) is 3.03. The van der Waals surface area contributed by atoms with Crippen LogP contribution in [-0.2, 0) is 4.74 Å². The smallest absolute Gasteiger partial charge is 0.235 e. The summed E-state index contributed by atoms with van der Waals surface area (Å²) in [4.78, 5) is 7.27. The third-order valence-corrected chi connectivity index (χ3v) is 5.88. The summed E-state index contributed by atoms with van der Waals surface area (Å²) in [5.74, 6) is 0.197. The van der Waals surface area contributed by atoms with Crippen LogP contribution in [0.3, 0.4) is 0 Å². The van der Waals surface area contributed by atoms with Gasteiger partial charge in [0.25, 0.3) is 0 Å². The summed E-state index contributed by atoms with van der Waals surface area (Å²) < 4.78 is 7.44. The van der Waals surface area contributed by atoms with Crippen LogP contribution in [0.4, 0.5) is 0 Å². The highest BCUT2D eigenvalue weighted by atomic mass is 32.1. The van der Waals surface area contributed by atoms with Crippen molar-refractivity contribution < 1.29 is 14.7 Å². The zero-order chi connectivity index (χ0) is 17.6. The van der Waals surface area contributed by atoms with Gasteiger partial charge in [0.1, 0.15) is 36.5 Å². The Morgan fingerprint density at radius 2 is 1.92 bits per heavy atom. The average Bonchev–Trinajstić information content (AvgIpc) is 3.13. The van der Waals surface area contributed by atoms with Crippen LogP contribution in [-0.4, -0.2) is 45.0 Å². The van der Waals surface area contributed by atoms with E-state index in [0.29, 0.717) is 0 Å². The Bertz CT molecular complexity index is 863. The number of ether oxygens (including phenoxy) is 1. The van der Waals surface area contributed by atoms with Crippen LogP contribution in [0, 0.1) is 6.92 Å². The zero-order valence-electron chi connectivity index (χ0n) is 14.6. The van der Waals surface area contributed by atoms with E-state index in [1.807, 2.05) is 0 Å². The number of nitrogens with zero attached hydrogens (tertiary/aromatic N) is 3. The summed E-state index contributed by atoms with van der Waals surface area (Å²) in [7, 11) is 0. The quantitative estimate of drug-likeness (QED) is 0.745. The van der Waals surface area contributed by atoms with Gasteiger partial charge in [0.05, 0.1) is 0 Å². The van der Waals surface area contributed by atoms with Gasteiger partial charge in [0, 0.05) is 5.56 Å². The first-order valence-electron chi connectivity index (χ1n) is 8.61. The first-order chi connectivity index (χ1) is 12.0. The molecule has 0 amide bonds. The normalized spacial score (nSPS) is 25.3. The number of benzene rings is 1. The van der Waals surface area contributed by atoms with Crippen molar-refractivity contribution in [2.24, 2.45) is 0 Å². The second kappa shape index (κ2) is 6.40. The summed E-state index contributed by atoms with van der Waals surface area (Å²) in [6.45, 7) is 8.12. The number of aromatic hydroxyl groups is 1. The van der Waals surface area contributed by atoms with Crippen LogP contribution in [0.2, 0.25) is 0 Å². The summed E-state index contributed by atoms with van der Waals surface area (Å²) in [6.07, 6.45) is 1.86. The van der Waals surface area contributed by atoms with Crippen LogP contribution in [0.1, 0.15) is 35.9 Å². The molecule has 1 aliphatic rings. The van der Waals surface area contributed by atoms with Gasteiger partial charge in [-0.3, -0.25) is 0 Å². The zero-order valence-corrected chi connectivity index (χ0v) is 15.5. The van der Waals surface area contributed by atoms with E-state index in [2.05, 4.69) is 55.1 Å². The number of quaternary nitrogens is 1. The van der Waals surface area contributed by atoms with Gasteiger partial charge in [-0.25, -0.2) is 4.98 Å². The van der Waals surface area contributed by atoms with Crippen molar-refractivity contribution in [1.29, 1.82) is 0 Å². The molecule has 1 aliphatic heterocycles. The molecule has 0 spiro atoms. The lowest BCUT2D eigenvalue weighted by Gasteiger charge is -2.37. The Balaban J connectivity index is 1.81. The van der Waals surface area contributed by atoms with E-state index < -0.39 is 0 Å². The van der Waals surface area contributed by atoms with Crippen molar-refractivity contribution in [3.8, 4) is 5.88 Å². The molecule has 25 heavy (non-hydrogen) atoms. The maximum atomic E-state index is 10.8. The summed E-state index contributed by atoms with van der Waals surface area (Å²) in [5.41, 5.74) is 2.43. The molecule has 7 heteroatoms. The van der Waals surface area contributed by atoms with Gasteiger partial charge in [0.2, 0.25) is 10.8 Å². The number of morpholine rings is 1. The second-order valence-electron chi connectivity index (χ2n) is 6.91. The molecule has 1 saturated heterocycles. The molecule has 2 N–H and O–H groups in total. The molecular weight excluding hydrogens is 336 g/mol. The van der Waals surface area contributed by atoms with Crippen molar-refractivity contribution in [3.63, 3.8) is 0 Å². The Kier molecular flexibility index (Phi) is 4.23. The number of hydrogen-bond acceptors (Lipinski definition) is 5. The maximum absolute atomic E-state index is 10.8. The largest absolute Gasteiger partial charge is 0.492 e. The van der Waals surface area contributed by atoms with E-state index in [9.17, 15) is 5.11 Å². The summed E-state index contributed by atoms with van der Waals surface area (Å²) in [5, 5.41) is 14.9. The van der Waals surface area contributed by atoms with Crippen LogP contribution in [0.15, 0.2) is 30.6 Å². The van der Waals surface area contributed by atoms with E-state index in [-0.39, 0.29) is 24.1 Å². The van der Waals surface area contributed by atoms with Gasteiger partial charge in [0.15, 0.2) is 6.04 Å². The first kappa shape index (κ1) is 16.5. The minimum atomic E-state index is 0.0444. The predicted molar refractivity (Wildman–Crippen MR) is 96.3 cm³/mol. The second-order valence-corrected chi connectivity index (χ2v) is 7.92. The van der Waals surface area contributed by atoms with Gasteiger partial charge in [-0.15, -0.1) is 0 Å². The van der Waals surface area contributed by atoms with Crippen molar-refractivity contribution in [1.82, 2.24) is 14.6 Å². The van der Waals surface area contributed by atoms with Crippen LogP contribution < -0.4 is 4.90 Å². The minimum absolute atomic E-state index is 0.0444. The Morgan fingerprint density at radius 1 is 1.24 bits per heavy atom. The number of thiazole rings is 1. The fourth-order valence-corrected chi connectivity index (χ4v) is 4.88. The van der Waals surface area contributed by atoms with Crippen LogP contribution in [0.5, 0.6) is 5.88 Å². The molecule has 0 bridgehead atoms. The molecule has 0 unspecified atom stereocenters. The van der Waals surface area contributed by atoms with Crippen molar-refractivity contribution in [2.45, 2.75) is 39.0 Å². The van der Waals surface area contributed by atoms with E-state index in [0.717, 1.165) is 22.9 Å². The molecule has 4 rings (SSSR count). The summed E-state index contributed by atoms with van der Waals surface area (Å²) in [6, 6.07) is 8.62. The molecular formula is C18H23N4O2S+. The predicted octanol–water partition coefficient (Wildman–Crippen LogP) is 1.59. The van der Waals surface area contributed by atoms with Crippen molar-refractivity contribution >= 4 is 16.3 Å². The first-order valence-corrected chi connectivity index (χ1v) is 9.42. The van der Waals surface area contributed by atoms with Gasteiger partial charge >= 0.3 is 0 Å². The maximum Gasteiger partial charge on any atom is 0.235 e. The topological polar surface area (TPSA) is 64.1 Å². The highest BCUT2D eigenvalue weighted by Gasteiger charge is 2.37. The molecule has 0 radical (unpaired) electrons. The monoisotopic (exact) mass is 359 g/mol. The Morgan fingerprint density at radius 3 is 2.56 bits per heavy atom. The highest BCUT2D eigenvalue weighted by Crippen LogP contribution is 2.34. The number of aryl methyl sites for hydroxylation is 1. The number of aromatic nitrogens is 3. The molecule has 6 nitrogen and oxygen atoms in total. The average molecular weight is 359 g/mol. The molecule has 1 aromatic carbocycles. The minimum Gasteiger partial charge on any atom is -0.492 e. The molecule has 1 fully saturated rings. The number of nitrogens with one attached hydrogen (secondary N) is 1. The van der Waals surface area contributed by atoms with Crippen molar-refractivity contribution in [2.75, 3.05) is 13.1 Å². The van der Waals surface area contributed by atoms with E-state index in [4.69, 9.17) is 4.74 Å². The standard InChI is InChI=1S/C18H22N4O2S/c1-11-4-6-14(7-5-11)15(21-8-12(2)24-13(3)9-21)16-17(23)22-18(25-16)19-10-20-22/h4-7,10,12-13,15,23H,8-9H2,1-3H3/p+1/t12-,13-,15+/m1/s1. The molecule has 3 aromatic rings. The van der Waals surface area contributed by atoms with E-state index >= 15 is 0 Å². The molecule has 3 heterocycles. The van der Waals surface area contributed by atoms with Gasteiger partial charge < -0.3 is 14.7 Å². The molecule has 0 saturated carbocycles. The SMILES string of the molecule is Cc1ccc([C@@H](c2sc3ncnn3c2O)[NH+]2C[C@@H](C)O[C@H](C)C2)cc1. The van der Waals surface area contributed by atoms with Gasteiger partial charge in [-0.2, -0.15) is 9.61 Å². The number of hydrogen-bond donors (Lipinski definition) is 2. The lowest BCUT2D eigenvalue weighted by atomic mass is 10.0. The highest BCUT2D eigenvalue weighted by molar-refractivity contribution is 7.17. The Labute approximate surface area is 150 Å². The van der Waals surface area contributed by atoms with E-state index in [1.54, 1.807) is 0 Å². The van der Waals surface area contributed by atoms with Crippen LogP contribution >= 0.6 is 11.3 Å². The molecule has 132 valence electrons. The number of fused-ring (bicyclic) bond motifs is 1. The Hall–Kier alpha value is -1.96. The van der Waals surface area contributed by atoms with E-state index in [1.165, 1.54) is 38.2 Å². The summed E-state index contributed by atoms with van der Waals surface area (Å²) >= 11 is 1.51. The van der Waals surface area contributed by atoms with Crippen molar-refractivity contribution in [3.05, 3.63) is 46.6 Å².